The van der Waals surface area contributed by atoms with Gasteiger partial charge in [0.05, 0.1) is 5.97 Å². The molecular weight excluding hydrogens is 417 g/mol. The number of aromatic hydroxyl groups is 1. The predicted octanol–water partition coefficient (Wildman–Crippen LogP) is -3.76. The van der Waals surface area contributed by atoms with Crippen molar-refractivity contribution in [1.82, 2.24) is 4.98 Å². The smallest absolute Gasteiger partial charge is 0.547 e. The molecule has 1 aromatic heterocycles. The van der Waals surface area contributed by atoms with E-state index in [1.54, 1.807) is 39.2 Å². The van der Waals surface area contributed by atoms with E-state index in [0.717, 1.165) is 5.56 Å². The van der Waals surface area contributed by atoms with Crippen LogP contribution in [0.2, 0.25) is 0 Å². The summed E-state index contributed by atoms with van der Waals surface area (Å²) in [5.41, 5.74) is 3.06. The van der Waals surface area contributed by atoms with E-state index < -0.39 is 36.7 Å². The van der Waals surface area contributed by atoms with Gasteiger partial charge in [0.15, 0.2) is 0 Å². The molecule has 2 aromatic rings. The van der Waals surface area contributed by atoms with Gasteiger partial charge >= 0.3 is 29.6 Å². The van der Waals surface area contributed by atoms with Gasteiger partial charge in [0.1, 0.15) is 35.9 Å². The molecule has 0 spiro atoms. The van der Waals surface area contributed by atoms with Gasteiger partial charge in [-0.1, -0.05) is 6.07 Å². The van der Waals surface area contributed by atoms with E-state index in [9.17, 15) is 30.3 Å². The van der Waals surface area contributed by atoms with Crippen LogP contribution in [0.1, 0.15) is 27.8 Å². The molecule has 0 saturated carbocycles. The third kappa shape index (κ3) is 5.04. The van der Waals surface area contributed by atoms with E-state index >= 15 is 0 Å². The van der Waals surface area contributed by atoms with Gasteiger partial charge < -0.3 is 39.8 Å². The van der Waals surface area contributed by atoms with Crippen molar-refractivity contribution in [3.8, 4) is 11.5 Å². The topological polar surface area (TPSA) is 152 Å². The van der Waals surface area contributed by atoms with Crippen LogP contribution in [0.3, 0.4) is 0 Å². The summed E-state index contributed by atoms with van der Waals surface area (Å²) in [7, 11) is 0. The molecule has 31 heavy (non-hydrogen) atoms. The summed E-state index contributed by atoms with van der Waals surface area (Å²) in [6, 6.07) is 3.61. The number of pyridine rings is 1. The molecule has 1 saturated heterocycles. The Labute approximate surface area is 201 Å². The summed E-state index contributed by atoms with van der Waals surface area (Å²) in [6.45, 7) is 5.10. The first kappa shape index (κ1) is 25.5. The van der Waals surface area contributed by atoms with E-state index in [1.165, 1.54) is 0 Å². The van der Waals surface area contributed by atoms with Crippen molar-refractivity contribution in [2.75, 3.05) is 0 Å². The van der Waals surface area contributed by atoms with Crippen LogP contribution in [-0.4, -0.2) is 62.1 Å². The van der Waals surface area contributed by atoms with Gasteiger partial charge in [-0.05, 0) is 49.1 Å². The first-order chi connectivity index (χ1) is 14.1. The first-order valence-electron chi connectivity index (χ1n) is 9.41. The summed E-state index contributed by atoms with van der Waals surface area (Å²) >= 11 is 0. The van der Waals surface area contributed by atoms with Gasteiger partial charge in [0, 0.05) is 24.4 Å². The molecule has 0 aliphatic carbocycles. The number of ether oxygens (including phenoxy) is 2. The molecule has 1 aliphatic heterocycles. The van der Waals surface area contributed by atoms with E-state index in [4.69, 9.17) is 9.47 Å². The van der Waals surface area contributed by atoms with Crippen molar-refractivity contribution >= 4 is 5.97 Å². The summed E-state index contributed by atoms with van der Waals surface area (Å²) < 4.78 is 11.0. The zero-order valence-corrected chi connectivity index (χ0v) is 19.8. The van der Waals surface area contributed by atoms with E-state index in [0.29, 0.717) is 28.7 Å². The average Bonchev–Trinajstić information content (AvgIpc) is 2.73. The molecule has 5 atom stereocenters. The normalized spacial score (nSPS) is 25.5. The molecule has 162 valence electrons. The van der Waals surface area contributed by atoms with E-state index in [-0.39, 0.29) is 41.1 Å². The second-order valence-corrected chi connectivity index (χ2v) is 7.40. The van der Waals surface area contributed by atoms with Crippen molar-refractivity contribution in [2.45, 2.75) is 57.9 Å². The van der Waals surface area contributed by atoms with Crippen LogP contribution in [0.4, 0.5) is 0 Å². The fraction of sp³-hybridized carbons (Fsp3) is 0.429. The Balaban J connectivity index is 0.00000341. The van der Waals surface area contributed by atoms with Crippen molar-refractivity contribution in [3.05, 3.63) is 52.3 Å². The number of phenolic OH excluding ortho intramolecular Hbond substituents is 1. The number of carbonyl (C=O) groups is 1. The first-order valence-corrected chi connectivity index (χ1v) is 9.41. The summed E-state index contributed by atoms with van der Waals surface area (Å²) in [6.07, 6.45) is -5.23. The van der Waals surface area contributed by atoms with Crippen molar-refractivity contribution < 1.29 is 69.4 Å². The van der Waals surface area contributed by atoms with Crippen molar-refractivity contribution in [2.24, 2.45) is 0 Å². The Hall–Kier alpha value is -1.72. The molecule has 9 nitrogen and oxygen atoms in total. The van der Waals surface area contributed by atoms with Crippen LogP contribution in [0, 0.1) is 20.8 Å². The third-order valence-corrected chi connectivity index (χ3v) is 5.48. The second-order valence-electron chi connectivity index (χ2n) is 7.40. The second kappa shape index (κ2) is 10.3. The maximum atomic E-state index is 11.3. The number of carbonyl (C=O) groups excluding carboxylic acids is 1. The number of carboxylic acids is 1. The molecule has 1 aliphatic rings. The Bertz CT molecular complexity index is 939. The van der Waals surface area contributed by atoms with Gasteiger partial charge in [-0.2, -0.15) is 0 Å². The number of aromatic nitrogens is 1. The van der Waals surface area contributed by atoms with Gasteiger partial charge in [0.2, 0.25) is 6.29 Å². The van der Waals surface area contributed by atoms with E-state index in [1.807, 2.05) is 6.07 Å². The fourth-order valence-corrected chi connectivity index (χ4v) is 3.50. The zero-order chi connectivity index (χ0) is 22.2. The number of carboxylic acid groups (broad SMARTS) is 1. The number of rotatable bonds is 5. The van der Waals surface area contributed by atoms with Crippen molar-refractivity contribution in [1.29, 1.82) is 0 Å². The van der Waals surface area contributed by atoms with Crippen LogP contribution in [0.25, 0.3) is 0 Å². The maximum absolute atomic E-state index is 11.3. The van der Waals surface area contributed by atoms with Crippen LogP contribution in [0.15, 0.2) is 24.5 Å². The van der Waals surface area contributed by atoms with Gasteiger partial charge in [-0.15, -0.1) is 0 Å². The Kier molecular flexibility index (Phi) is 8.46. The van der Waals surface area contributed by atoms with Gasteiger partial charge in [-0.25, -0.2) is 0 Å². The number of nitrogens with zero attached hydrogens (tertiary/aromatic N) is 1. The molecule has 1 aromatic carbocycles. The largest absolute Gasteiger partial charge is 1.00 e. The minimum absolute atomic E-state index is 0. The fourth-order valence-electron chi connectivity index (χ4n) is 3.50. The van der Waals surface area contributed by atoms with Gasteiger partial charge in [-0.3, -0.25) is 4.98 Å². The number of hydrogen-bond donors (Lipinski definition) is 4. The molecule has 0 amide bonds. The summed E-state index contributed by atoms with van der Waals surface area (Å²) in [5, 5.41) is 51.9. The SMILES string of the molecule is Cc1c(C)c(O[C@@H]2O[C@H](C(=O)[O-])[C@@H](O)[C@H](O)[C@H]2O)c(Cc2cccnc2)c(C)c1O.[Na+]. The standard InChI is InChI=1S/C21H25NO8.Na/c1-9-10(2)18(13(11(3)14(9)23)7-12-5-4-6-22-8-12)29-21-17(26)15(24)16(25)19(30-21)20(27)28;/h4-6,8,15-17,19,21,23-26H,7H2,1-3H3,(H,27,28);/q;+1/p-1/t15-,16-,17+,19-,21+;/m0./s1. The number of hydrogen-bond acceptors (Lipinski definition) is 9. The number of aliphatic hydroxyl groups is 3. The average molecular weight is 441 g/mol. The number of aliphatic carboxylic acids is 1. The summed E-state index contributed by atoms with van der Waals surface area (Å²) in [5.74, 6) is -1.38. The van der Waals surface area contributed by atoms with Crippen molar-refractivity contribution in [3.63, 3.8) is 0 Å². The minimum atomic E-state index is -1.88. The number of benzene rings is 1. The van der Waals surface area contributed by atoms with Crippen LogP contribution < -0.4 is 39.4 Å². The Morgan fingerprint density at radius 2 is 1.81 bits per heavy atom. The predicted molar refractivity (Wildman–Crippen MR) is 102 cm³/mol. The van der Waals surface area contributed by atoms with Crippen LogP contribution in [-0.2, 0) is 16.0 Å². The monoisotopic (exact) mass is 441 g/mol. The molecule has 3 rings (SSSR count). The molecule has 2 heterocycles. The Morgan fingerprint density at radius 3 is 2.39 bits per heavy atom. The molecular formula is C21H24NNaO8. The molecule has 10 heteroatoms. The number of phenols is 1. The maximum Gasteiger partial charge on any atom is 1.00 e. The minimum Gasteiger partial charge on any atom is -0.547 e. The zero-order valence-electron chi connectivity index (χ0n) is 17.8. The van der Waals surface area contributed by atoms with Gasteiger partial charge in [0.25, 0.3) is 0 Å². The van der Waals surface area contributed by atoms with E-state index in [2.05, 4.69) is 4.98 Å². The van der Waals surface area contributed by atoms with Crippen LogP contribution >= 0.6 is 0 Å². The van der Waals surface area contributed by atoms with Crippen LogP contribution in [0.5, 0.6) is 11.5 Å². The molecule has 0 unspecified atom stereocenters. The number of aliphatic hydroxyl groups excluding tert-OH is 3. The summed E-state index contributed by atoms with van der Waals surface area (Å²) in [4.78, 5) is 15.3. The molecule has 0 radical (unpaired) electrons. The Morgan fingerprint density at radius 1 is 1.13 bits per heavy atom. The molecule has 1 fully saturated rings. The molecule has 0 bridgehead atoms. The quantitative estimate of drug-likeness (QED) is 0.343. The molecule has 4 N–H and O–H groups in total. The third-order valence-electron chi connectivity index (χ3n) is 5.48.